The van der Waals surface area contributed by atoms with Gasteiger partial charge in [-0.15, -0.1) is 0 Å². The van der Waals surface area contributed by atoms with Crippen molar-refractivity contribution in [2.75, 3.05) is 25.1 Å². The van der Waals surface area contributed by atoms with Crippen LogP contribution >= 0.6 is 0 Å². The molecule has 124 valence electrons. The van der Waals surface area contributed by atoms with Gasteiger partial charge < -0.3 is 14.2 Å². The molecular weight excluding hydrogens is 304 g/mol. The predicted molar refractivity (Wildman–Crippen MR) is 91.5 cm³/mol. The smallest absolute Gasteiger partial charge is 0.229 e. The van der Waals surface area contributed by atoms with Gasteiger partial charge in [0.25, 0.3) is 0 Å². The topological polar surface area (TPSA) is 64.3 Å². The normalized spacial score (nSPS) is 15.8. The summed E-state index contributed by atoms with van der Waals surface area (Å²) in [6.07, 6.45) is 3.83. The van der Waals surface area contributed by atoms with Gasteiger partial charge in [0, 0.05) is 36.0 Å². The van der Waals surface area contributed by atoms with Crippen molar-refractivity contribution in [2.24, 2.45) is 0 Å². The Bertz CT molecular complexity index is 853. The third kappa shape index (κ3) is 2.58. The van der Waals surface area contributed by atoms with Crippen molar-refractivity contribution < 1.29 is 9.26 Å². The van der Waals surface area contributed by atoms with E-state index in [2.05, 4.69) is 26.1 Å². The number of rotatable bonds is 3. The molecule has 4 rings (SSSR count). The maximum absolute atomic E-state index is 5.47. The first-order chi connectivity index (χ1) is 11.8. The molecule has 1 fully saturated rings. The summed E-state index contributed by atoms with van der Waals surface area (Å²) in [7, 11) is 1.70. The molecule has 3 aromatic rings. The van der Waals surface area contributed by atoms with E-state index in [0.29, 0.717) is 11.7 Å². The summed E-state index contributed by atoms with van der Waals surface area (Å²) in [5, 5.41) is 6.13. The van der Waals surface area contributed by atoms with Crippen LogP contribution in [0.15, 0.2) is 35.0 Å². The lowest BCUT2D eigenvalue weighted by atomic mass is 9.96. The standard InChI is InChI=1S/C18H20N4O2/c1-12-20-18(24-21-12)13-7-10-22(11-8-13)17-15-4-3-5-16(23-2)14(15)6-9-19-17/h3-6,9,13H,7-8,10-11H2,1-2H3. The molecule has 0 unspecified atom stereocenters. The molecule has 0 bridgehead atoms. The Balaban J connectivity index is 1.59. The largest absolute Gasteiger partial charge is 0.496 e. The average Bonchev–Trinajstić information content (AvgIpc) is 3.07. The van der Waals surface area contributed by atoms with Crippen LogP contribution in [0.3, 0.4) is 0 Å². The molecule has 0 spiro atoms. The predicted octanol–water partition coefficient (Wildman–Crippen LogP) is 3.32. The van der Waals surface area contributed by atoms with Crippen LogP contribution in [-0.4, -0.2) is 35.3 Å². The van der Waals surface area contributed by atoms with E-state index in [4.69, 9.17) is 9.26 Å². The van der Waals surface area contributed by atoms with E-state index in [1.807, 2.05) is 31.3 Å². The Labute approximate surface area is 140 Å². The minimum atomic E-state index is 0.340. The third-order valence-corrected chi connectivity index (χ3v) is 4.65. The second-order valence-electron chi connectivity index (χ2n) is 6.13. The molecule has 24 heavy (non-hydrogen) atoms. The van der Waals surface area contributed by atoms with Crippen LogP contribution in [0.4, 0.5) is 5.82 Å². The fraction of sp³-hybridized carbons (Fsp3) is 0.389. The van der Waals surface area contributed by atoms with Crippen LogP contribution in [-0.2, 0) is 0 Å². The first-order valence-electron chi connectivity index (χ1n) is 8.23. The van der Waals surface area contributed by atoms with Crippen molar-refractivity contribution in [3.63, 3.8) is 0 Å². The van der Waals surface area contributed by atoms with Crippen LogP contribution < -0.4 is 9.64 Å². The van der Waals surface area contributed by atoms with E-state index in [-0.39, 0.29) is 0 Å². The third-order valence-electron chi connectivity index (χ3n) is 4.65. The van der Waals surface area contributed by atoms with E-state index < -0.39 is 0 Å². The highest BCUT2D eigenvalue weighted by Crippen LogP contribution is 2.34. The molecule has 1 aliphatic rings. The van der Waals surface area contributed by atoms with Crippen LogP contribution in [0, 0.1) is 6.92 Å². The van der Waals surface area contributed by atoms with Crippen molar-refractivity contribution in [2.45, 2.75) is 25.7 Å². The minimum absolute atomic E-state index is 0.340. The van der Waals surface area contributed by atoms with Gasteiger partial charge in [-0.2, -0.15) is 4.98 Å². The zero-order valence-electron chi connectivity index (χ0n) is 13.9. The highest BCUT2D eigenvalue weighted by molar-refractivity contribution is 5.96. The van der Waals surface area contributed by atoms with E-state index in [1.54, 1.807) is 7.11 Å². The second kappa shape index (κ2) is 6.11. The van der Waals surface area contributed by atoms with E-state index in [0.717, 1.165) is 54.2 Å². The minimum Gasteiger partial charge on any atom is -0.496 e. The lowest BCUT2D eigenvalue weighted by Gasteiger charge is -2.32. The zero-order valence-corrected chi connectivity index (χ0v) is 13.9. The first kappa shape index (κ1) is 14.9. The van der Waals surface area contributed by atoms with Gasteiger partial charge >= 0.3 is 0 Å². The van der Waals surface area contributed by atoms with E-state index in [9.17, 15) is 0 Å². The summed E-state index contributed by atoms with van der Waals surface area (Å²) in [5.74, 6) is 3.71. The van der Waals surface area contributed by atoms with Crippen LogP contribution in [0.25, 0.3) is 10.8 Å². The Hall–Kier alpha value is -2.63. The Morgan fingerprint density at radius 2 is 2.00 bits per heavy atom. The van der Waals surface area contributed by atoms with Crippen molar-refractivity contribution in [3.05, 3.63) is 42.2 Å². The number of aromatic nitrogens is 3. The van der Waals surface area contributed by atoms with Gasteiger partial charge in [0.05, 0.1) is 7.11 Å². The number of ether oxygens (including phenoxy) is 1. The van der Waals surface area contributed by atoms with E-state index in [1.165, 1.54) is 0 Å². The number of benzene rings is 1. The van der Waals surface area contributed by atoms with E-state index >= 15 is 0 Å². The lowest BCUT2D eigenvalue weighted by Crippen LogP contribution is -2.33. The van der Waals surface area contributed by atoms with Gasteiger partial charge in [-0.1, -0.05) is 17.3 Å². The van der Waals surface area contributed by atoms with Gasteiger partial charge in [-0.05, 0) is 31.9 Å². The molecule has 6 heteroatoms. The van der Waals surface area contributed by atoms with Crippen molar-refractivity contribution in [3.8, 4) is 5.75 Å². The molecule has 0 saturated carbocycles. The maximum Gasteiger partial charge on any atom is 0.229 e. The summed E-state index contributed by atoms with van der Waals surface area (Å²) in [5.41, 5.74) is 0. The van der Waals surface area contributed by atoms with Crippen LogP contribution in [0.1, 0.15) is 30.5 Å². The summed E-state index contributed by atoms with van der Waals surface area (Å²) in [4.78, 5) is 11.3. The maximum atomic E-state index is 5.47. The molecule has 1 aromatic carbocycles. The molecule has 6 nitrogen and oxygen atoms in total. The van der Waals surface area contributed by atoms with Gasteiger partial charge in [-0.3, -0.25) is 0 Å². The molecule has 3 heterocycles. The highest BCUT2D eigenvalue weighted by Gasteiger charge is 2.26. The van der Waals surface area contributed by atoms with Gasteiger partial charge in [0.15, 0.2) is 5.82 Å². The Morgan fingerprint density at radius 3 is 2.71 bits per heavy atom. The van der Waals surface area contributed by atoms with Crippen molar-refractivity contribution in [1.82, 2.24) is 15.1 Å². The molecule has 1 aliphatic heterocycles. The number of pyridine rings is 1. The number of hydrogen-bond donors (Lipinski definition) is 0. The number of piperidine rings is 1. The number of fused-ring (bicyclic) bond motifs is 1. The summed E-state index contributed by atoms with van der Waals surface area (Å²) in [6.45, 7) is 3.71. The highest BCUT2D eigenvalue weighted by atomic mass is 16.5. The van der Waals surface area contributed by atoms with Crippen molar-refractivity contribution >= 4 is 16.6 Å². The zero-order chi connectivity index (χ0) is 16.5. The average molecular weight is 324 g/mol. The van der Waals surface area contributed by atoms with Crippen LogP contribution in [0.2, 0.25) is 0 Å². The summed E-state index contributed by atoms with van der Waals surface area (Å²) in [6, 6.07) is 8.11. The molecule has 0 amide bonds. The lowest BCUT2D eigenvalue weighted by molar-refractivity contribution is 0.327. The molecule has 0 atom stereocenters. The number of methoxy groups -OCH3 is 1. The fourth-order valence-electron chi connectivity index (χ4n) is 3.41. The summed E-state index contributed by atoms with van der Waals surface area (Å²) >= 11 is 0. The summed E-state index contributed by atoms with van der Waals surface area (Å²) < 4.78 is 10.8. The van der Waals surface area contributed by atoms with Gasteiger partial charge in [-0.25, -0.2) is 4.98 Å². The molecule has 2 aromatic heterocycles. The number of aryl methyl sites for hydroxylation is 1. The molecular formula is C18H20N4O2. The van der Waals surface area contributed by atoms with Gasteiger partial charge in [0.1, 0.15) is 11.6 Å². The van der Waals surface area contributed by atoms with Crippen LogP contribution in [0.5, 0.6) is 5.75 Å². The van der Waals surface area contributed by atoms with Crippen molar-refractivity contribution in [1.29, 1.82) is 0 Å². The molecule has 0 N–H and O–H groups in total. The molecule has 1 saturated heterocycles. The first-order valence-corrected chi connectivity index (χ1v) is 8.23. The number of anilines is 1. The SMILES string of the molecule is COc1cccc2c(N3CCC(c4nc(C)no4)CC3)nccc12. The second-order valence-corrected chi connectivity index (χ2v) is 6.13. The fourth-order valence-corrected chi connectivity index (χ4v) is 3.41. The molecule has 0 aliphatic carbocycles. The quantitative estimate of drug-likeness (QED) is 0.736. The molecule has 0 radical (unpaired) electrons. The number of hydrogen-bond acceptors (Lipinski definition) is 6. The number of nitrogens with zero attached hydrogens (tertiary/aromatic N) is 4. The Morgan fingerprint density at radius 1 is 1.17 bits per heavy atom. The monoisotopic (exact) mass is 324 g/mol. The Kier molecular flexibility index (Phi) is 3.80. The van der Waals surface area contributed by atoms with Gasteiger partial charge in [0.2, 0.25) is 5.89 Å².